The van der Waals surface area contributed by atoms with Crippen molar-refractivity contribution in [2.24, 2.45) is 58.3 Å². The number of carbonyl (C=O) groups is 11. The molecule has 0 saturated carbocycles. The molecular formula is C59H100ClN13O13. The lowest BCUT2D eigenvalue weighted by Crippen LogP contribution is -2.60. The van der Waals surface area contributed by atoms with Crippen molar-refractivity contribution in [2.45, 2.75) is 199 Å². The molecular weight excluding hydrogens is 1130 g/mol. The first-order valence-electron chi connectivity index (χ1n) is 30.3. The number of nitrogens with one attached hydrogen (secondary N) is 8. The lowest BCUT2D eigenvalue weighted by Gasteiger charge is -2.28. The summed E-state index contributed by atoms with van der Waals surface area (Å²) in [6.07, 6.45) is -1.52. The standard InChI is InChI=1S/C59H100ClN13O13/c1-7-34(4)11-8-9-14-42(76)30-38(15-21-61)53(80)72-50(35(5)74)49(78)31-39(16-22-62)52(79)68-46-20-26-66-59(86)51(36(6)75)73-57(84)45(19-25-65)69-55(82)44(18-24-64)70-58(85)47(27-33(2)3)71-54(81)40(28-37-12-10-13-41(60)29-37)32-48(77)43(17-23-63)67-56(46)83/h10,12-13,29,33-36,38-40,43-47,50-51,74-75H,7-9,11,14-28,30-32,61-65H2,1-6H3,(H,66,86)(H,67,83)(H,68,79)(H,69,82)(H,70,85)(H,71,81)(H,72,80)(H,73,84)/t34-,35+,36+,38+,39+,40-,43-,44-,45-,46-,47-,50-,51-/m0/s1. The van der Waals surface area contributed by atoms with Gasteiger partial charge in [-0.05, 0) is 134 Å². The monoisotopic (exact) mass is 1230 g/mol. The van der Waals surface area contributed by atoms with E-state index >= 15 is 0 Å². The molecule has 1 aliphatic heterocycles. The number of unbranched alkanes of at least 4 members (excludes halogenated alkanes) is 1. The van der Waals surface area contributed by atoms with E-state index < -0.39 is 157 Å². The number of benzene rings is 1. The number of hydrogen-bond donors (Lipinski definition) is 15. The topological polar surface area (TPSA) is 455 Å². The smallest absolute Gasteiger partial charge is 0.245 e. The number of aliphatic hydroxyl groups is 2. The number of aliphatic hydroxyl groups excluding tert-OH is 2. The van der Waals surface area contributed by atoms with Crippen LogP contribution < -0.4 is 71.2 Å². The first-order chi connectivity index (χ1) is 40.7. The van der Waals surface area contributed by atoms with Crippen LogP contribution in [0.3, 0.4) is 0 Å². The average Bonchev–Trinajstić information content (AvgIpc) is 2.75. The molecule has 20 N–H and O–H groups in total. The fraction of sp³-hybridized carbons (Fsp3) is 0.712. The molecule has 1 aromatic carbocycles. The zero-order chi connectivity index (χ0) is 64.6. The maximum absolute atomic E-state index is 14.6. The Bertz CT molecular complexity index is 2380. The van der Waals surface area contributed by atoms with Gasteiger partial charge in [0.2, 0.25) is 47.3 Å². The second-order valence-corrected chi connectivity index (χ2v) is 23.6. The summed E-state index contributed by atoms with van der Waals surface area (Å²) in [7, 11) is 0. The predicted octanol–water partition coefficient (Wildman–Crippen LogP) is -1.32. The molecule has 0 radical (unpaired) electrons. The third kappa shape index (κ3) is 27.4. The number of hydrogen-bond acceptors (Lipinski definition) is 18. The summed E-state index contributed by atoms with van der Waals surface area (Å²) in [5.74, 6) is -11.6. The Hall–Kier alpha value is -6.00. The normalized spacial score (nSPS) is 23.0. The summed E-state index contributed by atoms with van der Waals surface area (Å²) < 4.78 is 0. The molecule has 1 saturated heterocycles. The SMILES string of the molecule is CC[C@H](C)CCCCC(=O)C[C@@H](CCN)C(=O)N[C@H](C(=O)C[C@@H](CCN)C(=O)N[C@H]1CCNC(=O)[C@H]([C@@H](C)O)NC(=O)[C@H](CCN)NC(=O)[C@H](CCN)NC(=O)[C@H](CC(C)C)NC(=O)[C@@H](Cc2cccc(Cl)c2)CC(=O)[C@H](CCN)NC1=O)[C@@H](C)O. The zero-order valence-electron chi connectivity index (χ0n) is 51.1. The molecule has 486 valence electrons. The molecule has 0 bridgehead atoms. The van der Waals surface area contributed by atoms with Gasteiger partial charge < -0.3 is 81.4 Å². The van der Waals surface area contributed by atoms with E-state index in [0.717, 1.165) is 19.3 Å². The number of rotatable bonds is 31. The van der Waals surface area contributed by atoms with Crippen LogP contribution >= 0.6 is 11.6 Å². The van der Waals surface area contributed by atoms with Crippen LogP contribution in [-0.4, -0.2) is 169 Å². The Balaban J connectivity index is 2.70. The summed E-state index contributed by atoms with van der Waals surface area (Å²) in [6, 6.07) is -3.74. The molecule has 0 spiro atoms. The minimum atomic E-state index is -1.67. The number of nitrogens with two attached hydrogens (primary N) is 5. The van der Waals surface area contributed by atoms with Crippen molar-refractivity contribution in [3.63, 3.8) is 0 Å². The van der Waals surface area contributed by atoms with Crippen LogP contribution in [0.25, 0.3) is 0 Å². The molecule has 1 aliphatic rings. The first kappa shape index (κ1) is 76.1. The van der Waals surface area contributed by atoms with E-state index in [-0.39, 0.29) is 102 Å². The summed E-state index contributed by atoms with van der Waals surface area (Å²) in [6.45, 7) is 9.36. The minimum Gasteiger partial charge on any atom is -0.391 e. The Labute approximate surface area is 511 Å². The second-order valence-electron chi connectivity index (χ2n) is 23.1. The van der Waals surface area contributed by atoms with Crippen LogP contribution in [-0.2, 0) is 59.2 Å². The van der Waals surface area contributed by atoms with Gasteiger partial charge in [-0.1, -0.05) is 70.7 Å². The van der Waals surface area contributed by atoms with Crippen LogP contribution in [0, 0.1) is 29.6 Å². The van der Waals surface area contributed by atoms with Gasteiger partial charge in [0.05, 0.1) is 18.2 Å². The van der Waals surface area contributed by atoms with Crippen LogP contribution in [0.2, 0.25) is 5.02 Å². The molecule has 1 aromatic rings. The van der Waals surface area contributed by atoms with Crippen LogP contribution in [0.5, 0.6) is 0 Å². The molecule has 8 amide bonds. The number of Topliss-reactive ketones (excluding diaryl/α,β-unsaturated/α-hetero) is 3. The van der Waals surface area contributed by atoms with Crippen molar-refractivity contribution < 1.29 is 63.0 Å². The molecule has 26 nitrogen and oxygen atoms in total. The Morgan fingerprint density at radius 3 is 1.77 bits per heavy atom. The van der Waals surface area contributed by atoms with Crippen molar-refractivity contribution in [2.75, 3.05) is 39.3 Å². The number of halogens is 1. The molecule has 2 rings (SSSR count). The van der Waals surface area contributed by atoms with Gasteiger partial charge in [0, 0.05) is 55.0 Å². The molecule has 1 fully saturated rings. The predicted molar refractivity (Wildman–Crippen MR) is 325 cm³/mol. The van der Waals surface area contributed by atoms with Gasteiger partial charge in [-0.2, -0.15) is 0 Å². The van der Waals surface area contributed by atoms with E-state index in [1.807, 2.05) is 0 Å². The molecule has 27 heteroatoms. The third-order valence-electron chi connectivity index (χ3n) is 15.2. The van der Waals surface area contributed by atoms with Crippen molar-refractivity contribution in [3.05, 3.63) is 34.9 Å². The molecule has 86 heavy (non-hydrogen) atoms. The van der Waals surface area contributed by atoms with Gasteiger partial charge in [0.15, 0.2) is 11.6 Å². The number of ketones is 3. The maximum Gasteiger partial charge on any atom is 0.245 e. The van der Waals surface area contributed by atoms with E-state index in [4.69, 9.17) is 40.3 Å². The lowest BCUT2D eigenvalue weighted by atomic mass is 9.89. The molecule has 1 heterocycles. The Morgan fingerprint density at radius 1 is 0.663 bits per heavy atom. The molecule has 13 atom stereocenters. The number of amides is 8. The molecule has 0 unspecified atom stereocenters. The highest BCUT2D eigenvalue weighted by Crippen LogP contribution is 2.22. The van der Waals surface area contributed by atoms with Gasteiger partial charge >= 0.3 is 0 Å². The van der Waals surface area contributed by atoms with Crippen LogP contribution in [0.1, 0.15) is 143 Å². The minimum absolute atomic E-state index is 0.0532. The van der Waals surface area contributed by atoms with E-state index in [1.54, 1.807) is 38.1 Å². The van der Waals surface area contributed by atoms with Crippen molar-refractivity contribution >= 4 is 76.2 Å². The quantitative estimate of drug-likeness (QED) is 0.0383. The summed E-state index contributed by atoms with van der Waals surface area (Å²) in [5, 5.41) is 42.7. The highest BCUT2D eigenvalue weighted by Gasteiger charge is 2.38. The van der Waals surface area contributed by atoms with E-state index in [1.165, 1.54) is 13.8 Å². The fourth-order valence-electron chi connectivity index (χ4n) is 9.98. The second kappa shape index (κ2) is 40.5. The summed E-state index contributed by atoms with van der Waals surface area (Å²) in [5.41, 5.74) is 30.1. The van der Waals surface area contributed by atoms with Crippen molar-refractivity contribution in [3.8, 4) is 0 Å². The Morgan fingerprint density at radius 2 is 1.22 bits per heavy atom. The van der Waals surface area contributed by atoms with Gasteiger partial charge in [0.25, 0.3) is 0 Å². The highest BCUT2D eigenvalue weighted by atomic mass is 35.5. The van der Waals surface area contributed by atoms with E-state index in [2.05, 4.69) is 56.4 Å². The van der Waals surface area contributed by atoms with Gasteiger partial charge in [-0.3, -0.25) is 52.7 Å². The number of carbonyl (C=O) groups excluding carboxylic acids is 11. The molecule has 0 aromatic heterocycles. The Kier molecular flexibility index (Phi) is 35.8. The molecule has 0 aliphatic carbocycles. The van der Waals surface area contributed by atoms with Crippen LogP contribution in [0.4, 0.5) is 0 Å². The highest BCUT2D eigenvalue weighted by molar-refractivity contribution is 6.30. The largest absolute Gasteiger partial charge is 0.391 e. The van der Waals surface area contributed by atoms with Crippen molar-refractivity contribution in [1.29, 1.82) is 0 Å². The fourth-order valence-corrected chi connectivity index (χ4v) is 10.2. The average molecular weight is 1230 g/mol. The van der Waals surface area contributed by atoms with Gasteiger partial charge in [-0.15, -0.1) is 0 Å². The maximum atomic E-state index is 14.6. The van der Waals surface area contributed by atoms with Crippen LogP contribution in [0.15, 0.2) is 24.3 Å². The summed E-state index contributed by atoms with van der Waals surface area (Å²) >= 11 is 6.34. The van der Waals surface area contributed by atoms with Gasteiger partial charge in [-0.25, -0.2) is 0 Å². The first-order valence-corrected chi connectivity index (χ1v) is 30.7. The van der Waals surface area contributed by atoms with E-state index in [0.29, 0.717) is 22.9 Å². The van der Waals surface area contributed by atoms with E-state index in [9.17, 15) is 63.0 Å². The zero-order valence-corrected chi connectivity index (χ0v) is 51.9. The lowest BCUT2D eigenvalue weighted by molar-refractivity contribution is -0.137. The third-order valence-corrected chi connectivity index (χ3v) is 15.4. The summed E-state index contributed by atoms with van der Waals surface area (Å²) in [4.78, 5) is 155. The van der Waals surface area contributed by atoms with Crippen molar-refractivity contribution in [1.82, 2.24) is 42.5 Å². The van der Waals surface area contributed by atoms with Gasteiger partial charge in [0.1, 0.15) is 42.0 Å².